The van der Waals surface area contributed by atoms with Crippen molar-refractivity contribution in [3.8, 4) is 6.07 Å². The summed E-state index contributed by atoms with van der Waals surface area (Å²) in [5.41, 5.74) is 0.752. The zero-order chi connectivity index (χ0) is 12.4. The van der Waals surface area contributed by atoms with Crippen LogP contribution in [0.15, 0.2) is 29.8 Å². The molecule has 0 bridgehead atoms. The molecule has 5 nitrogen and oxygen atoms in total. The third-order valence-electron chi connectivity index (χ3n) is 2.38. The molecule has 1 heterocycles. The number of carbonyl (C=O) groups excluding carboxylic acids is 2. The summed E-state index contributed by atoms with van der Waals surface area (Å²) in [6, 6.07) is 7.95. The Balaban J connectivity index is 2.40. The highest BCUT2D eigenvalue weighted by molar-refractivity contribution is 6.43. The van der Waals surface area contributed by atoms with Crippen molar-refractivity contribution < 1.29 is 19.4 Å². The van der Waals surface area contributed by atoms with Crippen molar-refractivity contribution in [2.24, 2.45) is 0 Å². The summed E-state index contributed by atoms with van der Waals surface area (Å²) in [5, 5.41) is 18.4. The highest BCUT2D eigenvalue weighted by Gasteiger charge is 2.32. The van der Waals surface area contributed by atoms with Crippen molar-refractivity contribution >= 4 is 17.5 Å². The summed E-state index contributed by atoms with van der Waals surface area (Å²) in [6.45, 7) is -0.219. The van der Waals surface area contributed by atoms with Gasteiger partial charge in [0.2, 0.25) is 0 Å². The van der Waals surface area contributed by atoms with Gasteiger partial charge in [-0.3, -0.25) is 4.79 Å². The maximum Gasteiger partial charge on any atom is 0.379 e. The number of Topliss-reactive ketones (excluding diaryl/α,β-unsaturated/α-hetero) is 1. The molecule has 1 fully saturated rings. The lowest BCUT2D eigenvalue weighted by molar-refractivity contribution is -0.146. The highest BCUT2D eigenvalue weighted by atomic mass is 16.5. The van der Waals surface area contributed by atoms with Crippen LogP contribution in [-0.2, 0) is 14.3 Å². The van der Waals surface area contributed by atoms with Gasteiger partial charge in [-0.25, -0.2) is 4.79 Å². The van der Waals surface area contributed by atoms with E-state index in [0.717, 1.165) is 0 Å². The largest absolute Gasteiger partial charge is 0.507 e. The van der Waals surface area contributed by atoms with Gasteiger partial charge < -0.3 is 9.84 Å². The van der Waals surface area contributed by atoms with Crippen molar-refractivity contribution in [2.45, 2.75) is 0 Å². The van der Waals surface area contributed by atoms with Crippen LogP contribution in [0.1, 0.15) is 11.1 Å². The van der Waals surface area contributed by atoms with E-state index >= 15 is 0 Å². The molecule has 1 aromatic carbocycles. The molecule has 0 radical (unpaired) electrons. The number of nitriles is 1. The second kappa shape index (κ2) is 4.10. The SMILES string of the molecule is N#Cc1ccc(/C(O)=C2\COC(=O)C2=O)cc1. The Morgan fingerprint density at radius 3 is 2.41 bits per heavy atom. The lowest BCUT2D eigenvalue weighted by atomic mass is 10.1. The van der Waals surface area contributed by atoms with E-state index in [1.165, 1.54) is 24.3 Å². The summed E-state index contributed by atoms with van der Waals surface area (Å²) in [5.74, 6) is -2.07. The minimum atomic E-state index is -0.958. The molecule has 0 aromatic heterocycles. The van der Waals surface area contributed by atoms with Crippen LogP contribution in [-0.4, -0.2) is 23.5 Å². The topological polar surface area (TPSA) is 87.4 Å². The maximum atomic E-state index is 11.3. The monoisotopic (exact) mass is 229 g/mol. The Morgan fingerprint density at radius 1 is 1.29 bits per heavy atom. The summed E-state index contributed by atoms with van der Waals surface area (Å²) < 4.78 is 4.51. The van der Waals surface area contributed by atoms with Gasteiger partial charge in [-0.2, -0.15) is 5.26 Å². The van der Waals surface area contributed by atoms with Crippen LogP contribution in [0.3, 0.4) is 0 Å². The van der Waals surface area contributed by atoms with E-state index in [-0.39, 0.29) is 17.9 Å². The number of hydrogen-bond donors (Lipinski definition) is 1. The molecule has 0 saturated carbocycles. The van der Waals surface area contributed by atoms with Crippen LogP contribution < -0.4 is 0 Å². The minimum absolute atomic E-state index is 0.0558. The fourth-order valence-electron chi connectivity index (χ4n) is 1.44. The first-order valence-corrected chi connectivity index (χ1v) is 4.77. The molecular formula is C12H7NO4. The summed E-state index contributed by atoms with van der Waals surface area (Å²) in [7, 11) is 0. The van der Waals surface area contributed by atoms with Gasteiger partial charge in [-0.1, -0.05) is 0 Å². The Bertz CT molecular complexity index is 563. The molecule has 0 unspecified atom stereocenters. The molecule has 1 aliphatic rings. The number of carbonyl (C=O) groups is 2. The number of cyclic esters (lactones) is 1. The van der Waals surface area contributed by atoms with Crippen molar-refractivity contribution in [2.75, 3.05) is 6.61 Å². The second-order valence-electron chi connectivity index (χ2n) is 3.42. The molecule has 0 aliphatic carbocycles. The van der Waals surface area contributed by atoms with Crippen LogP contribution in [0.4, 0.5) is 0 Å². The van der Waals surface area contributed by atoms with Gasteiger partial charge in [-0.15, -0.1) is 0 Å². The Labute approximate surface area is 96.5 Å². The minimum Gasteiger partial charge on any atom is -0.507 e. The van der Waals surface area contributed by atoms with Gasteiger partial charge in [0, 0.05) is 5.56 Å². The van der Waals surface area contributed by atoms with Crippen LogP contribution in [0.2, 0.25) is 0 Å². The van der Waals surface area contributed by atoms with Gasteiger partial charge in [-0.05, 0) is 24.3 Å². The van der Waals surface area contributed by atoms with Crippen LogP contribution in [0, 0.1) is 11.3 Å². The third kappa shape index (κ3) is 1.88. The molecule has 1 saturated heterocycles. The lowest BCUT2D eigenvalue weighted by Gasteiger charge is -2.01. The van der Waals surface area contributed by atoms with Crippen molar-refractivity contribution in [1.82, 2.24) is 0 Å². The smallest absolute Gasteiger partial charge is 0.379 e. The number of ketones is 1. The molecule has 5 heteroatoms. The number of nitrogens with zero attached hydrogens (tertiary/aromatic N) is 1. The molecule has 2 rings (SSSR count). The first kappa shape index (κ1) is 10.9. The molecule has 0 amide bonds. The number of rotatable bonds is 1. The van der Waals surface area contributed by atoms with E-state index in [1.54, 1.807) is 0 Å². The van der Waals surface area contributed by atoms with Crippen molar-refractivity contribution in [3.63, 3.8) is 0 Å². The molecule has 1 aromatic rings. The standard InChI is InChI=1S/C12H7NO4/c13-5-7-1-3-8(4-2-7)10(14)9-6-17-12(16)11(9)15/h1-4,14H,6H2/b10-9-. The van der Waals surface area contributed by atoms with E-state index in [9.17, 15) is 14.7 Å². The number of aliphatic hydroxyl groups is 1. The summed E-state index contributed by atoms with van der Waals surface area (Å²) in [4.78, 5) is 22.2. The zero-order valence-corrected chi connectivity index (χ0v) is 8.64. The number of aliphatic hydroxyl groups excluding tert-OH is 1. The number of ether oxygens (including phenoxy) is 1. The molecule has 1 aliphatic heterocycles. The van der Waals surface area contributed by atoms with Crippen LogP contribution in [0.25, 0.3) is 5.76 Å². The number of esters is 1. The van der Waals surface area contributed by atoms with E-state index in [0.29, 0.717) is 11.1 Å². The quantitative estimate of drug-likeness (QED) is 0.335. The number of benzene rings is 1. The van der Waals surface area contributed by atoms with Gasteiger partial charge in [0.15, 0.2) is 0 Å². The van der Waals surface area contributed by atoms with Crippen LogP contribution in [0.5, 0.6) is 0 Å². The summed E-state index contributed by atoms with van der Waals surface area (Å²) in [6.07, 6.45) is 0. The van der Waals surface area contributed by atoms with E-state index in [4.69, 9.17) is 5.26 Å². The highest BCUT2D eigenvalue weighted by Crippen LogP contribution is 2.21. The first-order valence-electron chi connectivity index (χ1n) is 4.77. The lowest BCUT2D eigenvalue weighted by Crippen LogP contribution is -2.07. The van der Waals surface area contributed by atoms with Crippen molar-refractivity contribution in [3.05, 3.63) is 41.0 Å². The fourth-order valence-corrected chi connectivity index (χ4v) is 1.44. The fraction of sp³-hybridized carbons (Fsp3) is 0.0833. The first-order chi connectivity index (χ1) is 8.13. The van der Waals surface area contributed by atoms with Gasteiger partial charge >= 0.3 is 5.97 Å². The zero-order valence-electron chi connectivity index (χ0n) is 8.64. The molecule has 0 spiro atoms. The molecular weight excluding hydrogens is 222 g/mol. The Hall–Kier alpha value is -2.61. The number of hydrogen-bond acceptors (Lipinski definition) is 5. The van der Waals surface area contributed by atoms with Gasteiger partial charge in [0.25, 0.3) is 5.78 Å². The van der Waals surface area contributed by atoms with E-state index < -0.39 is 11.8 Å². The second-order valence-corrected chi connectivity index (χ2v) is 3.42. The average molecular weight is 229 g/mol. The van der Waals surface area contributed by atoms with Gasteiger partial charge in [0.1, 0.15) is 12.4 Å². The predicted octanol–water partition coefficient (Wildman–Crippen LogP) is 0.953. The molecule has 17 heavy (non-hydrogen) atoms. The van der Waals surface area contributed by atoms with Crippen LogP contribution >= 0.6 is 0 Å². The Kier molecular flexibility index (Phi) is 2.63. The third-order valence-corrected chi connectivity index (χ3v) is 2.38. The van der Waals surface area contributed by atoms with E-state index in [2.05, 4.69) is 4.74 Å². The molecule has 1 N–H and O–H groups in total. The van der Waals surface area contributed by atoms with Crippen molar-refractivity contribution in [1.29, 1.82) is 5.26 Å². The van der Waals surface area contributed by atoms with E-state index in [1.807, 2.05) is 6.07 Å². The average Bonchev–Trinajstić information content (AvgIpc) is 2.69. The maximum absolute atomic E-state index is 11.3. The van der Waals surface area contributed by atoms with Gasteiger partial charge in [0.05, 0.1) is 17.2 Å². The normalized spacial score (nSPS) is 17.6. The molecule has 0 atom stereocenters. The predicted molar refractivity (Wildman–Crippen MR) is 56.7 cm³/mol. The molecule has 84 valence electrons. The summed E-state index contributed by atoms with van der Waals surface area (Å²) >= 11 is 0. The Morgan fingerprint density at radius 2 is 1.94 bits per heavy atom.